The summed E-state index contributed by atoms with van der Waals surface area (Å²) in [5, 5.41) is 7.90. The number of hydrogen-bond donors (Lipinski definition) is 1. The minimum atomic E-state index is 0.226. The maximum atomic E-state index is 4.29. The highest BCUT2D eigenvalue weighted by Crippen LogP contribution is 2.25. The summed E-state index contributed by atoms with van der Waals surface area (Å²) in [7, 11) is 1.96. The average Bonchev–Trinajstić information content (AvgIpc) is 2.88. The van der Waals surface area contributed by atoms with Crippen LogP contribution in [0.25, 0.3) is 0 Å². The van der Waals surface area contributed by atoms with Gasteiger partial charge in [0.1, 0.15) is 0 Å². The maximum Gasteiger partial charge on any atom is 0.0607 e. The summed E-state index contributed by atoms with van der Waals surface area (Å²) in [5.74, 6) is 1.11. The molecular weight excluding hydrogens is 266 g/mol. The van der Waals surface area contributed by atoms with Gasteiger partial charge in [0, 0.05) is 23.7 Å². The van der Waals surface area contributed by atoms with E-state index in [9.17, 15) is 0 Å². The molecule has 20 heavy (non-hydrogen) atoms. The molecule has 0 aliphatic heterocycles. The Morgan fingerprint density at radius 3 is 2.50 bits per heavy atom. The van der Waals surface area contributed by atoms with Gasteiger partial charge >= 0.3 is 0 Å². The molecule has 1 heterocycles. The Kier molecular flexibility index (Phi) is 5.68. The van der Waals surface area contributed by atoms with Crippen LogP contribution >= 0.6 is 11.8 Å². The molecule has 2 rings (SSSR count). The number of nitrogens with zero attached hydrogens (tertiary/aromatic N) is 2. The number of hydrogen-bond acceptors (Lipinski definition) is 3. The van der Waals surface area contributed by atoms with Crippen LogP contribution in [0, 0.1) is 0 Å². The van der Waals surface area contributed by atoms with Crippen LogP contribution in [0.1, 0.15) is 37.4 Å². The molecule has 1 unspecified atom stereocenters. The van der Waals surface area contributed by atoms with Gasteiger partial charge in [0.2, 0.25) is 0 Å². The first-order valence-electron chi connectivity index (χ1n) is 7.19. The number of nitrogens with one attached hydrogen (secondary N) is 1. The zero-order chi connectivity index (χ0) is 14.4. The molecule has 1 aromatic heterocycles. The predicted octanol–water partition coefficient (Wildman–Crippen LogP) is 3.62. The Balaban J connectivity index is 2.21. The van der Waals surface area contributed by atoms with Crippen LogP contribution < -0.4 is 5.32 Å². The minimum absolute atomic E-state index is 0.226. The van der Waals surface area contributed by atoms with Crippen LogP contribution in [-0.2, 0) is 7.05 Å². The van der Waals surface area contributed by atoms with Crippen molar-refractivity contribution < 1.29 is 0 Å². The van der Waals surface area contributed by atoms with E-state index in [1.165, 1.54) is 16.0 Å². The van der Waals surface area contributed by atoms with Crippen molar-refractivity contribution in [2.75, 3.05) is 12.3 Å². The molecule has 0 saturated heterocycles. The van der Waals surface area contributed by atoms with Gasteiger partial charge in [0.05, 0.1) is 12.2 Å². The van der Waals surface area contributed by atoms with E-state index in [4.69, 9.17) is 0 Å². The fourth-order valence-corrected chi connectivity index (χ4v) is 2.89. The van der Waals surface area contributed by atoms with Crippen LogP contribution in [0.3, 0.4) is 0 Å². The van der Waals surface area contributed by atoms with E-state index in [0.29, 0.717) is 0 Å². The molecule has 0 saturated carbocycles. The van der Waals surface area contributed by atoms with E-state index in [1.54, 1.807) is 0 Å². The molecule has 0 aliphatic rings. The number of aryl methyl sites for hydroxylation is 1. The van der Waals surface area contributed by atoms with Crippen LogP contribution in [0.2, 0.25) is 0 Å². The molecule has 4 heteroatoms. The highest BCUT2D eigenvalue weighted by atomic mass is 32.2. The van der Waals surface area contributed by atoms with E-state index < -0.39 is 0 Å². The van der Waals surface area contributed by atoms with E-state index in [-0.39, 0.29) is 6.04 Å². The average molecular weight is 289 g/mol. The molecule has 1 aromatic carbocycles. The number of thioether (sulfide) groups is 1. The van der Waals surface area contributed by atoms with E-state index in [0.717, 1.165) is 18.7 Å². The van der Waals surface area contributed by atoms with Crippen molar-refractivity contribution in [2.24, 2.45) is 7.05 Å². The second-order valence-corrected chi connectivity index (χ2v) is 6.17. The summed E-state index contributed by atoms with van der Waals surface area (Å²) in [5.41, 5.74) is 2.52. The van der Waals surface area contributed by atoms with Crippen LogP contribution in [0.5, 0.6) is 0 Å². The Labute approximate surface area is 125 Å². The molecule has 0 bridgehead atoms. The summed E-state index contributed by atoms with van der Waals surface area (Å²) in [6.07, 6.45) is 5.16. The van der Waals surface area contributed by atoms with Gasteiger partial charge in [0.15, 0.2) is 0 Å². The third-order valence-electron chi connectivity index (χ3n) is 3.18. The highest BCUT2D eigenvalue weighted by molar-refractivity contribution is 7.99. The Bertz CT molecular complexity index is 519. The number of aromatic nitrogens is 2. The third-order valence-corrected chi connectivity index (χ3v) is 4.08. The maximum absolute atomic E-state index is 4.29. The standard InChI is InChI=1S/C16H23N3S/c1-4-10-17-16(14-11-18-19(3)12-14)13-6-8-15(9-7-13)20-5-2/h6-9,11-12,16-17H,4-5,10H2,1-3H3. The van der Waals surface area contributed by atoms with Crippen molar-refractivity contribution in [2.45, 2.75) is 31.2 Å². The summed E-state index contributed by atoms with van der Waals surface area (Å²) in [6, 6.07) is 9.08. The molecule has 108 valence electrons. The molecule has 1 atom stereocenters. The molecule has 0 spiro atoms. The lowest BCUT2D eigenvalue weighted by molar-refractivity contribution is 0.597. The topological polar surface area (TPSA) is 29.9 Å². The highest BCUT2D eigenvalue weighted by Gasteiger charge is 2.14. The summed E-state index contributed by atoms with van der Waals surface area (Å²) in [4.78, 5) is 1.33. The Hall–Kier alpha value is -1.26. The third kappa shape index (κ3) is 3.87. The van der Waals surface area contributed by atoms with Crippen molar-refractivity contribution in [3.8, 4) is 0 Å². The number of rotatable bonds is 7. The van der Waals surface area contributed by atoms with Crippen molar-refractivity contribution in [3.63, 3.8) is 0 Å². The van der Waals surface area contributed by atoms with Gasteiger partial charge in [0.25, 0.3) is 0 Å². The van der Waals surface area contributed by atoms with E-state index in [1.807, 2.05) is 29.7 Å². The lowest BCUT2D eigenvalue weighted by Gasteiger charge is -2.18. The normalized spacial score (nSPS) is 12.6. The molecule has 3 nitrogen and oxygen atoms in total. The molecule has 1 N–H and O–H groups in total. The van der Waals surface area contributed by atoms with Gasteiger partial charge < -0.3 is 5.32 Å². The Morgan fingerprint density at radius 1 is 1.20 bits per heavy atom. The van der Waals surface area contributed by atoms with E-state index in [2.05, 4.69) is 54.7 Å². The SMILES string of the molecule is CCCNC(c1ccc(SCC)cc1)c1cnn(C)c1. The van der Waals surface area contributed by atoms with Crippen LogP contribution in [-0.4, -0.2) is 22.1 Å². The second-order valence-electron chi connectivity index (χ2n) is 4.84. The van der Waals surface area contributed by atoms with Crippen molar-refractivity contribution in [3.05, 3.63) is 47.8 Å². The van der Waals surface area contributed by atoms with Gasteiger partial charge in [-0.15, -0.1) is 11.8 Å². The second kappa shape index (κ2) is 7.50. The molecule has 0 radical (unpaired) electrons. The molecule has 0 amide bonds. The summed E-state index contributed by atoms with van der Waals surface area (Å²) in [6.45, 7) is 5.37. The van der Waals surface area contributed by atoms with Gasteiger partial charge in [-0.05, 0) is 36.4 Å². The minimum Gasteiger partial charge on any atom is -0.306 e. The van der Waals surface area contributed by atoms with Crippen LogP contribution in [0.4, 0.5) is 0 Å². The molecule has 2 aromatic rings. The fraction of sp³-hybridized carbons (Fsp3) is 0.438. The Morgan fingerprint density at radius 2 is 1.95 bits per heavy atom. The van der Waals surface area contributed by atoms with E-state index >= 15 is 0 Å². The van der Waals surface area contributed by atoms with Gasteiger partial charge in [-0.2, -0.15) is 5.10 Å². The molecule has 0 fully saturated rings. The smallest absolute Gasteiger partial charge is 0.0607 e. The first-order valence-corrected chi connectivity index (χ1v) is 8.17. The van der Waals surface area contributed by atoms with Gasteiger partial charge in [-0.1, -0.05) is 26.0 Å². The van der Waals surface area contributed by atoms with Crippen molar-refractivity contribution >= 4 is 11.8 Å². The predicted molar refractivity (Wildman–Crippen MR) is 86.2 cm³/mol. The fourth-order valence-electron chi connectivity index (χ4n) is 2.23. The van der Waals surface area contributed by atoms with Crippen molar-refractivity contribution in [1.29, 1.82) is 0 Å². The van der Waals surface area contributed by atoms with Gasteiger partial charge in [-0.3, -0.25) is 4.68 Å². The molecular formula is C16H23N3S. The summed E-state index contributed by atoms with van der Waals surface area (Å²) >= 11 is 1.88. The quantitative estimate of drug-likeness (QED) is 0.790. The lowest BCUT2D eigenvalue weighted by Crippen LogP contribution is -2.22. The number of benzene rings is 1. The zero-order valence-electron chi connectivity index (χ0n) is 12.5. The lowest BCUT2D eigenvalue weighted by atomic mass is 10.0. The first kappa shape index (κ1) is 15.1. The van der Waals surface area contributed by atoms with Crippen LogP contribution in [0.15, 0.2) is 41.6 Å². The summed E-state index contributed by atoms with van der Waals surface area (Å²) < 4.78 is 1.86. The van der Waals surface area contributed by atoms with Gasteiger partial charge in [-0.25, -0.2) is 0 Å². The zero-order valence-corrected chi connectivity index (χ0v) is 13.3. The molecule has 0 aliphatic carbocycles. The van der Waals surface area contributed by atoms with Crippen molar-refractivity contribution in [1.82, 2.24) is 15.1 Å². The first-order chi connectivity index (χ1) is 9.74. The largest absolute Gasteiger partial charge is 0.306 e. The monoisotopic (exact) mass is 289 g/mol.